The van der Waals surface area contributed by atoms with Gasteiger partial charge in [0, 0.05) is 5.69 Å². The van der Waals surface area contributed by atoms with Crippen LogP contribution in [0, 0.1) is 20.8 Å². The summed E-state index contributed by atoms with van der Waals surface area (Å²) < 4.78 is 16.2. The van der Waals surface area contributed by atoms with Crippen molar-refractivity contribution in [3.05, 3.63) is 52.6 Å². The van der Waals surface area contributed by atoms with Gasteiger partial charge in [0.15, 0.2) is 17.6 Å². The summed E-state index contributed by atoms with van der Waals surface area (Å²) in [6.45, 7) is 9.96. The molecule has 0 heterocycles. The van der Waals surface area contributed by atoms with Gasteiger partial charge < -0.3 is 19.5 Å². The lowest BCUT2D eigenvalue weighted by Crippen LogP contribution is -2.30. The van der Waals surface area contributed by atoms with Gasteiger partial charge in [0.1, 0.15) is 0 Å². The first-order chi connectivity index (χ1) is 13.8. The quantitative estimate of drug-likeness (QED) is 0.657. The Kier molecular flexibility index (Phi) is 7.65. The lowest BCUT2D eigenvalue weighted by atomic mass is 10.0. The molecule has 29 heavy (non-hydrogen) atoms. The molecule has 2 aromatic carbocycles. The average molecular weight is 399 g/mol. The number of hydrogen-bond donors (Lipinski definition) is 1. The monoisotopic (exact) mass is 399 g/mol. The predicted octanol–water partition coefficient (Wildman–Crippen LogP) is 4.59. The number of carbonyl (C=O) groups is 2. The van der Waals surface area contributed by atoms with E-state index in [2.05, 4.69) is 5.32 Å². The fourth-order valence-corrected chi connectivity index (χ4v) is 3.01. The fraction of sp³-hybridized carbons (Fsp3) is 0.391. The second kappa shape index (κ2) is 9.96. The number of ether oxygens (including phenoxy) is 3. The smallest absolute Gasteiger partial charge is 0.339 e. The van der Waals surface area contributed by atoms with Gasteiger partial charge in [-0.05, 0) is 63.4 Å². The van der Waals surface area contributed by atoms with Gasteiger partial charge in [-0.25, -0.2) is 4.79 Å². The van der Waals surface area contributed by atoms with E-state index in [0.29, 0.717) is 18.1 Å². The minimum absolute atomic E-state index is 0.285. The molecule has 156 valence electrons. The highest BCUT2D eigenvalue weighted by Crippen LogP contribution is 2.29. The highest BCUT2D eigenvalue weighted by Gasteiger charge is 2.21. The SMILES string of the molecule is CCCOc1ccc(C(=O)O[C@@H](C)C(=O)Nc2c(C)cc(C)cc2C)cc1OC. The van der Waals surface area contributed by atoms with Crippen LogP contribution in [-0.2, 0) is 9.53 Å². The topological polar surface area (TPSA) is 73.9 Å². The van der Waals surface area contributed by atoms with E-state index in [1.807, 2.05) is 39.8 Å². The number of aryl methyl sites for hydroxylation is 3. The number of carbonyl (C=O) groups excluding carboxylic acids is 2. The first-order valence-corrected chi connectivity index (χ1v) is 9.67. The summed E-state index contributed by atoms with van der Waals surface area (Å²) in [5.74, 6) is 0.00605. The maximum absolute atomic E-state index is 12.5. The maximum atomic E-state index is 12.5. The molecule has 0 aliphatic rings. The van der Waals surface area contributed by atoms with Gasteiger partial charge in [-0.2, -0.15) is 0 Å². The molecule has 0 saturated heterocycles. The largest absolute Gasteiger partial charge is 0.493 e. The third-order valence-electron chi connectivity index (χ3n) is 4.44. The van der Waals surface area contributed by atoms with Crippen LogP contribution >= 0.6 is 0 Å². The number of hydrogen-bond acceptors (Lipinski definition) is 5. The second-order valence-electron chi connectivity index (χ2n) is 7.02. The molecule has 0 aromatic heterocycles. The van der Waals surface area contributed by atoms with E-state index < -0.39 is 12.1 Å². The summed E-state index contributed by atoms with van der Waals surface area (Å²) in [7, 11) is 1.51. The molecule has 1 amide bonds. The molecule has 2 rings (SSSR count). The minimum atomic E-state index is -0.954. The molecule has 0 radical (unpaired) electrons. The van der Waals surface area contributed by atoms with Gasteiger partial charge in [0.05, 0.1) is 19.3 Å². The Morgan fingerprint density at radius 1 is 1.03 bits per heavy atom. The summed E-state index contributed by atoms with van der Waals surface area (Å²) in [6.07, 6.45) is -0.0934. The van der Waals surface area contributed by atoms with Crippen LogP contribution < -0.4 is 14.8 Å². The Labute approximate surface area is 172 Å². The molecule has 1 atom stereocenters. The maximum Gasteiger partial charge on any atom is 0.339 e. The highest BCUT2D eigenvalue weighted by atomic mass is 16.5. The Morgan fingerprint density at radius 2 is 1.69 bits per heavy atom. The molecular formula is C23H29NO5. The van der Waals surface area contributed by atoms with Gasteiger partial charge in [-0.3, -0.25) is 4.79 Å². The Balaban J connectivity index is 2.07. The van der Waals surface area contributed by atoms with Crippen molar-refractivity contribution in [2.75, 3.05) is 19.0 Å². The standard InChI is InChI=1S/C23H29NO5/c1-7-10-28-19-9-8-18(13-20(19)27-6)23(26)29-17(5)22(25)24-21-15(3)11-14(2)12-16(21)4/h8-9,11-13,17H,7,10H2,1-6H3,(H,24,25)/t17-/m0/s1. The van der Waals surface area contributed by atoms with E-state index >= 15 is 0 Å². The molecule has 0 spiro atoms. The van der Waals surface area contributed by atoms with Crippen LogP contribution in [0.25, 0.3) is 0 Å². The molecule has 0 fully saturated rings. The van der Waals surface area contributed by atoms with Crippen LogP contribution in [0.4, 0.5) is 5.69 Å². The molecule has 6 heteroatoms. The van der Waals surface area contributed by atoms with Crippen LogP contribution in [0.2, 0.25) is 0 Å². The average Bonchev–Trinajstić information content (AvgIpc) is 2.68. The zero-order valence-corrected chi connectivity index (χ0v) is 17.9. The van der Waals surface area contributed by atoms with Gasteiger partial charge in [-0.1, -0.05) is 24.6 Å². The van der Waals surface area contributed by atoms with E-state index in [4.69, 9.17) is 14.2 Å². The number of nitrogens with one attached hydrogen (secondary N) is 1. The van der Waals surface area contributed by atoms with Crippen molar-refractivity contribution < 1.29 is 23.8 Å². The first-order valence-electron chi connectivity index (χ1n) is 9.67. The van der Waals surface area contributed by atoms with Crippen molar-refractivity contribution in [1.29, 1.82) is 0 Å². The fourth-order valence-electron chi connectivity index (χ4n) is 3.01. The van der Waals surface area contributed by atoms with Crippen LogP contribution in [0.1, 0.15) is 47.3 Å². The van der Waals surface area contributed by atoms with E-state index in [0.717, 1.165) is 28.8 Å². The third-order valence-corrected chi connectivity index (χ3v) is 4.44. The lowest BCUT2D eigenvalue weighted by molar-refractivity contribution is -0.123. The molecule has 0 aliphatic carbocycles. The van der Waals surface area contributed by atoms with Crippen LogP contribution in [0.15, 0.2) is 30.3 Å². The first kappa shape index (κ1) is 22.3. The van der Waals surface area contributed by atoms with Crippen molar-refractivity contribution >= 4 is 17.6 Å². The van der Waals surface area contributed by atoms with E-state index in [9.17, 15) is 9.59 Å². The van der Waals surface area contributed by atoms with Crippen LogP contribution in [0.3, 0.4) is 0 Å². The number of amides is 1. The molecule has 0 unspecified atom stereocenters. The Morgan fingerprint density at radius 3 is 2.28 bits per heavy atom. The number of esters is 1. The molecular weight excluding hydrogens is 370 g/mol. The van der Waals surface area contributed by atoms with Gasteiger partial charge >= 0.3 is 5.97 Å². The van der Waals surface area contributed by atoms with Gasteiger partial charge in [0.2, 0.25) is 0 Å². The summed E-state index contributed by atoms with van der Waals surface area (Å²) in [5.41, 5.74) is 4.07. The third kappa shape index (κ3) is 5.73. The second-order valence-corrected chi connectivity index (χ2v) is 7.02. The molecule has 1 N–H and O–H groups in total. The summed E-state index contributed by atoms with van der Waals surface area (Å²) in [6, 6.07) is 8.79. The Bertz CT molecular complexity index is 868. The molecule has 0 saturated carbocycles. The number of methoxy groups -OCH3 is 1. The molecule has 6 nitrogen and oxygen atoms in total. The molecule has 0 aliphatic heterocycles. The van der Waals surface area contributed by atoms with Gasteiger partial charge in [0.25, 0.3) is 5.91 Å². The summed E-state index contributed by atoms with van der Waals surface area (Å²) in [5, 5.41) is 2.86. The lowest BCUT2D eigenvalue weighted by Gasteiger charge is -2.17. The molecule has 0 bridgehead atoms. The summed E-state index contributed by atoms with van der Waals surface area (Å²) >= 11 is 0. The summed E-state index contributed by atoms with van der Waals surface area (Å²) in [4.78, 5) is 25.0. The normalized spacial score (nSPS) is 11.5. The minimum Gasteiger partial charge on any atom is -0.493 e. The van der Waals surface area contributed by atoms with Crippen molar-refractivity contribution in [3.63, 3.8) is 0 Å². The predicted molar refractivity (Wildman–Crippen MR) is 113 cm³/mol. The van der Waals surface area contributed by atoms with Crippen molar-refractivity contribution in [2.45, 2.75) is 47.1 Å². The zero-order chi connectivity index (χ0) is 21.6. The number of anilines is 1. The number of benzene rings is 2. The van der Waals surface area contributed by atoms with Gasteiger partial charge in [-0.15, -0.1) is 0 Å². The van der Waals surface area contributed by atoms with Crippen LogP contribution in [0.5, 0.6) is 11.5 Å². The van der Waals surface area contributed by atoms with Crippen molar-refractivity contribution in [2.24, 2.45) is 0 Å². The van der Waals surface area contributed by atoms with E-state index in [-0.39, 0.29) is 11.5 Å². The number of rotatable bonds is 8. The molecule has 2 aromatic rings. The highest BCUT2D eigenvalue weighted by molar-refractivity contribution is 5.98. The van der Waals surface area contributed by atoms with Crippen molar-refractivity contribution in [3.8, 4) is 11.5 Å². The Hall–Kier alpha value is -3.02. The van der Waals surface area contributed by atoms with Crippen molar-refractivity contribution in [1.82, 2.24) is 0 Å². The van der Waals surface area contributed by atoms with E-state index in [1.165, 1.54) is 7.11 Å². The van der Waals surface area contributed by atoms with E-state index in [1.54, 1.807) is 25.1 Å². The zero-order valence-electron chi connectivity index (χ0n) is 17.9. The van der Waals surface area contributed by atoms with Crippen LogP contribution in [-0.4, -0.2) is 31.7 Å².